The fourth-order valence-electron chi connectivity index (χ4n) is 3.34. The summed E-state index contributed by atoms with van der Waals surface area (Å²) in [5.74, 6) is -2.65. The zero-order valence-electron chi connectivity index (χ0n) is 15.1. The van der Waals surface area contributed by atoms with E-state index in [0.717, 1.165) is 12.8 Å². The Labute approximate surface area is 159 Å². The number of nitrogens with one attached hydrogen (secondary N) is 1. The van der Waals surface area contributed by atoms with Gasteiger partial charge in [-0.05, 0) is 31.4 Å². The standard InChI is InChI=1S/C16H21N3O2.C2HF3O2/c20-15-8-7-12(11-19(15)14-5-1-2-6-14)16(21)18-13-4-3-9-17-10-13;3-2(4,5)1(6)7/h3-4,9-10,12,14H,1-2,5-8,11H2,(H,18,21);(H,6,7). The van der Waals surface area contributed by atoms with Gasteiger partial charge in [0.05, 0.1) is 17.8 Å². The highest BCUT2D eigenvalue weighted by atomic mass is 19.4. The van der Waals surface area contributed by atoms with Gasteiger partial charge >= 0.3 is 12.1 Å². The molecule has 2 amide bonds. The number of hydrogen-bond donors (Lipinski definition) is 2. The quantitative estimate of drug-likeness (QED) is 0.811. The predicted octanol–water partition coefficient (Wildman–Crippen LogP) is 2.83. The SMILES string of the molecule is O=C(Nc1cccnc1)C1CCC(=O)N(C2CCCC2)C1.O=C(O)C(F)(F)F. The predicted molar refractivity (Wildman–Crippen MR) is 93.3 cm³/mol. The van der Waals surface area contributed by atoms with Crippen LogP contribution in [0.25, 0.3) is 0 Å². The fourth-order valence-corrected chi connectivity index (χ4v) is 3.34. The molecule has 1 aliphatic heterocycles. The van der Waals surface area contributed by atoms with Crippen LogP contribution in [0, 0.1) is 5.92 Å². The molecular formula is C18H22F3N3O4. The second-order valence-electron chi connectivity index (χ2n) is 6.75. The lowest BCUT2D eigenvalue weighted by Gasteiger charge is -2.36. The molecule has 0 spiro atoms. The van der Waals surface area contributed by atoms with E-state index in [4.69, 9.17) is 9.90 Å². The summed E-state index contributed by atoms with van der Waals surface area (Å²) in [5.41, 5.74) is 0.715. The van der Waals surface area contributed by atoms with Crippen molar-refractivity contribution < 1.29 is 32.7 Å². The highest BCUT2D eigenvalue weighted by molar-refractivity contribution is 5.93. The van der Waals surface area contributed by atoms with Gasteiger partial charge in [-0.1, -0.05) is 12.8 Å². The van der Waals surface area contributed by atoms with E-state index in [1.807, 2.05) is 11.0 Å². The van der Waals surface area contributed by atoms with Crippen LogP contribution in [0.15, 0.2) is 24.5 Å². The van der Waals surface area contributed by atoms with Crippen molar-refractivity contribution in [1.82, 2.24) is 9.88 Å². The molecule has 2 N–H and O–H groups in total. The number of anilines is 1. The highest BCUT2D eigenvalue weighted by Crippen LogP contribution is 2.29. The van der Waals surface area contributed by atoms with E-state index in [9.17, 15) is 22.8 Å². The summed E-state index contributed by atoms with van der Waals surface area (Å²) in [5, 5.41) is 10.0. The third-order valence-corrected chi connectivity index (χ3v) is 4.75. The number of alkyl halides is 3. The molecular weight excluding hydrogens is 379 g/mol. The molecule has 1 saturated carbocycles. The molecule has 0 aromatic carbocycles. The third-order valence-electron chi connectivity index (χ3n) is 4.75. The van der Waals surface area contributed by atoms with Gasteiger partial charge in [-0.3, -0.25) is 14.6 Å². The van der Waals surface area contributed by atoms with Crippen molar-refractivity contribution in [3.05, 3.63) is 24.5 Å². The number of piperidine rings is 1. The highest BCUT2D eigenvalue weighted by Gasteiger charge is 2.38. The van der Waals surface area contributed by atoms with Crippen LogP contribution in [0.2, 0.25) is 0 Å². The van der Waals surface area contributed by atoms with Gasteiger partial charge < -0.3 is 15.3 Å². The maximum absolute atomic E-state index is 12.4. The number of nitrogens with zero attached hydrogens (tertiary/aromatic N) is 2. The molecule has 154 valence electrons. The molecule has 10 heteroatoms. The second kappa shape index (κ2) is 9.52. The molecule has 1 unspecified atom stereocenters. The minimum absolute atomic E-state index is 0.00139. The molecule has 0 radical (unpaired) electrons. The summed E-state index contributed by atoms with van der Waals surface area (Å²) in [6.45, 7) is 0.565. The molecule has 28 heavy (non-hydrogen) atoms. The van der Waals surface area contributed by atoms with E-state index >= 15 is 0 Å². The van der Waals surface area contributed by atoms with Gasteiger partial charge in [0.15, 0.2) is 0 Å². The molecule has 1 aliphatic carbocycles. The molecule has 0 bridgehead atoms. The van der Waals surface area contributed by atoms with Crippen LogP contribution >= 0.6 is 0 Å². The lowest BCUT2D eigenvalue weighted by molar-refractivity contribution is -0.192. The van der Waals surface area contributed by atoms with Crippen molar-refractivity contribution in [3.63, 3.8) is 0 Å². The summed E-state index contributed by atoms with van der Waals surface area (Å²) >= 11 is 0. The Morgan fingerprint density at radius 2 is 1.86 bits per heavy atom. The normalized spacial score (nSPS) is 20.3. The first kappa shape index (κ1) is 21.6. The number of carbonyl (C=O) groups is 3. The number of amides is 2. The van der Waals surface area contributed by atoms with Crippen LogP contribution in [0.1, 0.15) is 38.5 Å². The van der Waals surface area contributed by atoms with E-state index in [-0.39, 0.29) is 17.7 Å². The Balaban J connectivity index is 0.000000345. The van der Waals surface area contributed by atoms with Crippen LogP contribution in [0.3, 0.4) is 0 Å². The monoisotopic (exact) mass is 401 g/mol. The third kappa shape index (κ3) is 6.21. The van der Waals surface area contributed by atoms with Crippen LogP contribution in [-0.2, 0) is 14.4 Å². The Bertz CT molecular complexity index is 691. The first-order valence-electron chi connectivity index (χ1n) is 8.99. The maximum Gasteiger partial charge on any atom is 0.490 e. The van der Waals surface area contributed by atoms with Gasteiger partial charge in [-0.25, -0.2) is 4.79 Å². The van der Waals surface area contributed by atoms with Gasteiger partial charge in [0.2, 0.25) is 11.8 Å². The van der Waals surface area contributed by atoms with Crippen LogP contribution < -0.4 is 5.32 Å². The Morgan fingerprint density at radius 3 is 2.39 bits per heavy atom. The van der Waals surface area contributed by atoms with Crippen molar-refractivity contribution in [2.75, 3.05) is 11.9 Å². The molecule has 1 aromatic rings. The number of hydrogen-bond acceptors (Lipinski definition) is 4. The number of likely N-dealkylation sites (tertiary alicyclic amines) is 1. The summed E-state index contributed by atoms with van der Waals surface area (Å²) in [7, 11) is 0. The molecule has 3 rings (SSSR count). The summed E-state index contributed by atoms with van der Waals surface area (Å²) in [4.78, 5) is 39.3. The molecule has 2 heterocycles. The van der Waals surface area contributed by atoms with E-state index in [1.54, 1.807) is 18.5 Å². The molecule has 2 aliphatic rings. The number of aromatic nitrogens is 1. The average Bonchev–Trinajstić information content (AvgIpc) is 3.17. The van der Waals surface area contributed by atoms with Gasteiger partial charge in [-0.15, -0.1) is 0 Å². The number of carbonyl (C=O) groups excluding carboxylic acids is 2. The smallest absolute Gasteiger partial charge is 0.475 e. The molecule has 1 saturated heterocycles. The summed E-state index contributed by atoms with van der Waals surface area (Å²) in [6.07, 6.45) is 3.93. The number of rotatable bonds is 3. The van der Waals surface area contributed by atoms with Crippen molar-refractivity contribution in [2.45, 2.75) is 50.7 Å². The zero-order chi connectivity index (χ0) is 20.7. The second-order valence-corrected chi connectivity index (χ2v) is 6.75. The van der Waals surface area contributed by atoms with Gasteiger partial charge in [0.25, 0.3) is 0 Å². The van der Waals surface area contributed by atoms with Gasteiger partial charge in [-0.2, -0.15) is 13.2 Å². The Hall–Kier alpha value is -2.65. The van der Waals surface area contributed by atoms with Gasteiger partial charge in [0, 0.05) is 25.2 Å². The molecule has 2 fully saturated rings. The lowest BCUT2D eigenvalue weighted by Crippen LogP contribution is -2.48. The lowest BCUT2D eigenvalue weighted by atomic mass is 9.95. The molecule has 7 nitrogen and oxygen atoms in total. The Morgan fingerprint density at radius 1 is 1.21 bits per heavy atom. The van der Waals surface area contributed by atoms with E-state index in [2.05, 4.69) is 10.3 Å². The van der Waals surface area contributed by atoms with E-state index in [1.165, 1.54) is 12.8 Å². The fraction of sp³-hybridized carbons (Fsp3) is 0.556. The largest absolute Gasteiger partial charge is 0.490 e. The first-order chi connectivity index (χ1) is 13.2. The number of pyridine rings is 1. The topological polar surface area (TPSA) is 99.6 Å². The number of carboxylic acid groups (broad SMARTS) is 1. The van der Waals surface area contributed by atoms with Crippen LogP contribution in [0.4, 0.5) is 18.9 Å². The van der Waals surface area contributed by atoms with Crippen molar-refractivity contribution in [2.24, 2.45) is 5.92 Å². The maximum atomic E-state index is 12.4. The van der Waals surface area contributed by atoms with Crippen LogP contribution in [-0.4, -0.2) is 51.5 Å². The van der Waals surface area contributed by atoms with Crippen molar-refractivity contribution in [1.29, 1.82) is 0 Å². The molecule has 1 aromatic heterocycles. The summed E-state index contributed by atoms with van der Waals surface area (Å²) < 4.78 is 31.7. The zero-order valence-corrected chi connectivity index (χ0v) is 15.1. The van der Waals surface area contributed by atoms with Gasteiger partial charge in [0.1, 0.15) is 0 Å². The summed E-state index contributed by atoms with van der Waals surface area (Å²) in [6, 6.07) is 3.98. The minimum Gasteiger partial charge on any atom is -0.475 e. The number of aliphatic carboxylic acids is 1. The van der Waals surface area contributed by atoms with Crippen molar-refractivity contribution >= 4 is 23.5 Å². The number of carboxylic acids is 1. The Kier molecular flexibility index (Phi) is 7.36. The van der Waals surface area contributed by atoms with E-state index < -0.39 is 12.1 Å². The average molecular weight is 401 g/mol. The first-order valence-corrected chi connectivity index (χ1v) is 8.99. The molecule has 1 atom stereocenters. The minimum atomic E-state index is -5.08. The van der Waals surface area contributed by atoms with Crippen LogP contribution in [0.5, 0.6) is 0 Å². The number of halogens is 3. The van der Waals surface area contributed by atoms with E-state index in [0.29, 0.717) is 31.1 Å². The van der Waals surface area contributed by atoms with Crippen molar-refractivity contribution in [3.8, 4) is 0 Å².